The van der Waals surface area contributed by atoms with E-state index in [9.17, 15) is 4.79 Å². The monoisotopic (exact) mass is 228 g/mol. The summed E-state index contributed by atoms with van der Waals surface area (Å²) < 4.78 is 5.34. The van der Waals surface area contributed by atoms with E-state index in [0.717, 1.165) is 0 Å². The molecule has 0 amide bonds. The Bertz CT molecular complexity index is 313. The molecule has 0 aliphatic heterocycles. The summed E-state index contributed by atoms with van der Waals surface area (Å²) in [6, 6.07) is 9.09. The molecule has 0 aliphatic rings. The van der Waals surface area contributed by atoms with Crippen molar-refractivity contribution in [2.24, 2.45) is 5.92 Å². The number of rotatable bonds is 5. The van der Waals surface area contributed by atoms with Crippen molar-refractivity contribution in [1.29, 1.82) is 0 Å². The average Bonchev–Trinajstić information content (AvgIpc) is 2.18. The van der Waals surface area contributed by atoms with Crippen LogP contribution in [0.4, 0.5) is 0 Å². The van der Waals surface area contributed by atoms with E-state index in [1.165, 1.54) is 0 Å². The summed E-state index contributed by atoms with van der Waals surface area (Å²) in [5.74, 6) is -0.719. The molecule has 1 aromatic rings. The standard InChI is InChI=1S/C11H13ClO3/c1-8(11(13)14)7-10(12)15-9-5-3-2-4-6-9/h2-6,8,10H,7H2,1H3,(H,13,14). The minimum absolute atomic E-state index is 0.284. The minimum Gasteiger partial charge on any atom is -0.481 e. The number of alkyl halides is 1. The third-order valence-corrected chi connectivity index (χ3v) is 2.23. The molecule has 0 spiro atoms. The molecule has 1 rings (SSSR count). The van der Waals surface area contributed by atoms with Gasteiger partial charge in [-0.3, -0.25) is 4.79 Å². The zero-order valence-corrected chi connectivity index (χ0v) is 9.15. The molecule has 0 heterocycles. The fourth-order valence-electron chi connectivity index (χ4n) is 1.07. The molecule has 0 radical (unpaired) electrons. The number of carbonyl (C=O) groups is 1. The molecule has 0 aromatic heterocycles. The normalized spacial score (nSPS) is 14.3. The molecule has 82 valence electrons. The summed E-state index contributed by atoms with van der Waals surface area (Å²) in [5, 5.41) is 8.68. The lowest BCUT2D eigenvalue weighted by Crippen LogP contribution is -2.18. The molecule has 1 aromatic carbocycles. The van der Waals surface area contributed by atoms with Crippen LogP contribution in [0.25, 0.3) is 0 Å². The molecule has 0 fully saturated rings. The lowest BCUT2D eigenvalue weighted by atomic mass is 10.1. The van der Waals surface area contributed by atoms with Gasteiger partial charge in [0.15, 0.2) is 5.56 Å². The lowest BCUT2D eigenvalue weighted by molar-refractivity contribution is -0.141. The van der Waals surface area contributed by atoms with E-state index in [1.807, 2.05) is 18.2 Å². The second-order valence-electron chi connectivity index (χ2n) is 3.32. The van der Waals surface area contributed by atoms with Crippen LogP contribution in [0.1, 0.15) is 13.3 Å². The van der Waals surface area contributed by atoms with Gasteiger partial charge in [0.25, 0.3) is 0 Å². The third-order valence-electron chi connectivity index (χ3n) is 1.97. The van der Waals surface area contributed by atoms with Crippen LogP contribution >= 0.6 is 11.6 Å². The van der Waals surface area contributed by atoms with E-state index in [1.54, 1.807) is 19.1 Å². The predicted molar refractivity (Wildman–Crippen MR) is 58.1 cm³/mol. The lowest BCUT2D eigenvalue weighted by Gasteiger charge is -2.14. The zero-order valence-electron chi connectivity index (χ0n) is 8.39. The van der Waals surface area contributed by atoms with Crippen LogP contribution in [0.3, 0.4) is 0 Å². The molecule has 0 saturated heterocycles. The average molecular weight is 229 g/mol. The van der Waals surface area contributed by atoms with E-state index in [4.69, 9.17) is 21.4 Å². The molecule has 0 bridgehead atoms. The largest absolute Gasteiger partial charge is 0.481 e. The van der Waals surface area contributed by atoms with Crippen molar-refractivity contribution < 1.29 is 14.6 Å². The predicted octanol–water partition coefficient (Wildman–Crippen LogP) is 2.74. The first-order chi connectivity index (χ1) is 7.09. The Morgan fingerprint density at radius 2 is 2.07 bits per heavy atom. The molecular formula is C11H13ClO3. The molecule has 2 atom stereocenters. The third kappa shape index (κ3) is 4.21. The van der Waals surface area contributed by atoms with Gasteiger partial charge in [0.05, 0.1) is 5.92 Å². The van der Waals surface area contributed by atoms with Crippen molar-refractivity contribution in [1.82, 2.24) is 0 Å². The maximum Gasteiger partial charge on any atom is 0.306 e. The van der Waals surface area contributed by atoms with Gasteiger partial charge in [0.1, 0.15) is 5.75 Å². The molecule has 3 nitrogen and oxygen atoms in total. The summed E-state index contributed by atoms with van der Waals surface area (Å²) in [6.45, 7) is 1.60. The topological polar surface area (TPSA) is 46.5 Å². The van der Waals surface area contributed by atoms with E-state index < -0.39 is 17.5 Å². The van der Waals surface area contributed by atoms with Crippen molar-refractivity contribution in [2.45, 2.75) is 18.9 Å². The summed E-state index contributed by atoms with van der Waals surface area (Å²) in [7, 11) is 0. The van der Waals surface area contributed by atoms with Gasteiger partial charge in [-0.25, -0.2) is 0 Å². The highest BCUT2D eigenvalue weighted by Crippen LogP contribution is 2.17. The molecule has 0 saturated carbocycles. The zero-order chi connectivity index (χ0) is 11.3. The van der Waals surface area contributed by atoms with Crippen molar-refractivity contribution in [3.63, 3.8) is 0 Å². The molecular weight excluding hydrogens is 216 g/mol. The highest BCUT2D eigenvalue weighted by molar-refractivity contribution is 6.19. The number of benzene rings is 1. The van der Waals surface area contributed by atoms with E-state index in [0.29, 0.717) is 5.75 Å². The van der Waals surface area contributed by atoms with Crippen LogP contribution in [0.2, 0.25) is 0 Å². The smallest absolute Gasteiger partial charge is 0.306 e. The first kappa shape index (κ1) is 11.9. The van der Waals surface area contributed by atoms with Crippen LogP contribution in [0.5, 0.6) is 5.75 Å². The summed E-state index contributed by atoms with van der Waals surface area (Å²) in [6.07, 6.45) is 0.284. The highest BCUT2D eigenvalue weighted by Gasteiger charge is 2.17. The number of hydrogen-bond donors (Lipinski definition) is 1. The highest BCUT2D eigenvalue weighted by atomic mass is 35.5. The van der Waals surface area contributed by atoms with Crippen LogP contribution in [-0.2, 0) is 4.79 Å². The minimum atomic E-state index is -0.864. The van der Waals surface area contributed by atoms with Crippen LogP contribution < -0.4 is 4.74 Å². The van der Waals surface area contributed by atoms with Crippen molar-refractivity contribution in [3.8, 4) is 5.75 Å². The van der Waals surface area contributed by atoms with Crippen molar-refractivity contribution in [2.75, 3.05) is 0 Å². The first-order valence-corrected chi connectivity index (χ1v) is 5.12. The second kappa shape index (κ2) is 5.61. The molecule has 2 unspecified atom stereocenters. The van der Waals surface area contributed by atoms with Gasteiger partial charge in [-0.1, -0.05) is 36.7 Å². The molecule has 1 N–H and O–H groups in total. The SMILES string of the molecule is CC(CC(Cl)Oc1ccccc1)C(=O)O. The number of ether oxygens (including phenoxy) is 1. The number of carboxylic acids is 1. The molecule has 0 aliphatic carbocycles. The van der Waals surface area contributed by atoms with Crippen molar-refractivity contribution >= 4 is 17.6 Å². The maximum atomic E-state index is 10.6. The summed E-state index contributed by atoms with van der Waals surface area (Å²) in [4.78, 5) is 10.6. The van der Waals surface area contributed by atoms with Crippen LogP contribution in [0.15, 0.2) is 30.3 Å². The maximum absolute atomic E-state index is 10.6. The number of halogens is 1. The second-order valence-corrected chi connectivity index (χ2v) is 3.80. The van der Waals surface area contributed by atoms with Gasteiger partial charge in [-0.2, -0.15) is 0 Å². The Morgan fingerprint density at radius 1 is 1.47 bits per heavy atom. The quantitative estimate of drug-likeness (QED) is 0.789. The molecule has 15 heavy (non-hydrogen) atoms. The van der Waals surface area contributed by atoms with E-state index >= 15 is 0 Å². The fraction of sp³-hybridized carbons (Fsp3) is 0.364. The summed E-state index contributed by atoms with van der Waals surface area (Å²) in [5.41, 5.74) is -0.613. The van der Waals surface area contributed by atoms with Gasteiger partial charge in [-0.05, 0) is 12.1 Å². The Hall–Kier alpha value is -1.22. The van der Waals surface area contributed by atoms with Gasteiger partial charge < -0.3 is 9.84 Å². The summed E-state index contributed by atoms with van der Waals surface area (Å²) >= 11 is 5.87. The van der Waals surface area contributed by atoms with Crippen LogP contribution in [-0.4, -0.2) is 16.6 Å². The van der Waals surface area contributed by atoms with E-state index in [2.05, 4.69) is 0 Å². The molecule has 4 heteroatoms. The van der Waals surface area contributed by atoms with E-state index in [-0.39, 0.29) is 6.42 Å². The Balaban J connectivity index is 2.43. The van der Waals surface area contributed by atoms with Gasteiger partial charge in [-0.15, -0.1) is 0 Å². The number of para-hydroxylation sites is 1. The Morgan fingerprint density at radius 3 is 2.60 bits per heavy atom. The number of hydrogen-bond acceptors (Lipinski definition) is 2. The fourth-order valence-corrected chi connectivity index (χ4v) is 1.44. The van der Waals surface area contributed by atoms with Gasteiger partial charge in [0, 0.05) is 6.42 Å². The van der Waals surface area contributed by atoms with Gasteiger partial charge >= 0.3 is 5.97 Å². The van der Waals surface area contributed by atoms with Crippen molar-refractivity contribution in [3.05, 3.63) is 30.3 Å². The van der Waals surface area contributed by atoms with Gasteiger partial charge in [0.2, 0.25) is 0 Å². The Kier molecular flexibility index (Phi) is 4.43. The van der Waals surface area contributed by atoms with Crippen LogP contribution in [0, 0.1) is 5.92 Å². The number of carboxylic acid groups (broad SMARTS) is 1. The first-order valence-electron chi connectivity index (χ1n) is 4.68. The Labute approximate surface area is 93.6 Å². The number of aliphatic carboxylic acids is 1.